The topological polar surface area (TPSA) is 86.1 Å². The average molecular weight is 335 g/mol. The second kappa shape index (κ2) is 6.37. The standard InChI is InChI=1S/C15H15ClN4O3/c1-9-4-11(9)15(22)23-6-14(21)19-12-5-10(16)2-3-13(12)20-8-17-7-18-20/h2-3,5,7-9,11H,4,6H2,1H3,(H,19,21)/t9-,11-/m1/s1. The molecule has 1 aromatic heterocycles. The van der Waals surface area contributed by atoms with Crippen molar-refractivity contribution in [2.45, 2.75) is 13.3 Å². The maximum absolute atomic E-state index is 12.0. The van der Waals surface area contributed by atoms with Crippen LogP contribution >= 0.6 is 11.6 Å². The molecule has 0 bridgehead atoms. The van der Waals surface area contributed by atoms with E-state index in [4.69, 9.17) is 16.3 Å². The van der Waals surface area contributed by atoms with Crippen LogP contribution in [0.25, 0.3) is 5.69 Å². The highest BCUT2D eigenvalue weighted by Gasteiger charge is 2.40. The molecule has 8 heteroatoms. The normalized spacial score (nSPS) is 19.2. The zero-order chi connectivity index (χ0) is 16.4. The fourth-order valence-corrected chi connectivity index (χ4v) is 2.39. The molecule has 0 aliphatic heterocycles. The largest absolute Gasteiger partial charge is 0.455 e. The first-order valence-corrected chi connectivity index (χ1v) is 7.53. The summed E-state index contributed by atoms with van der Waals surface area (Å²) in [6.07, 6.45) is 3.72. The molecule has 1 amide bonds. The molecule has 1 aliphatic carbocycles. The van der Waals surface area contributed by atoms with Gasteiger partial charge in [-0.05, 0) is 30.5 Å². The summed E-state index contributed by atoms with van der Waals surface area (Å²) >= 11 is 5.97. The molecule has 0 radical (unpaired) electrons. The molecule has 120 valence electrons. The van der Waals surface area contributed by atoms with Gasteiger partial charge < -0.3 is 10.1 Å². The molecule has 7 nitrogen and oxygen atoms in total. The Hall–Kier alpha value is -2.41. The van der Waals surface area contributed by atoms with Gasteiger partial charge in [0.05, 0.1) is 17.3 Å². The molecule has 1 fully saturated rings. The van der Waals surface area contributed by atoms with Gasteiger partial charge in [0.15, 0.2) is 6.61 Å². The lowest BCUT2D eigenvalue weighted by atomic mass is 10.2. The number of hydrogen-bond donors (Lipinski definition) is 1. The van der Waals surface area contributed by atoms with E-state index in [1.54, 1.807) is 18.2 Å². The third-order valence-corrected chi connectivity index (χ3v) is 3.89. The van der Waals surface area contributed by atoms with Gasteiger partial charge in [0, 0.05) is 5.02 Å². The highest BCUT2D eigenvalue weighted by molar-refractivity contribution is 6.31. The van der Waals surface area contributed by atoms with Crippen molar-refractivity contribution in [1.29, 1.82) is 0 Å². The van der Waals surface area contributed by atoms with Crippen molar-refractivity contribution in [1.82, 2.24) is 14.8 Å². The summed E-state index contributed by atoms with van der Waals surface area (Å²) in [5, 5.41) is 7.17. The smallest absolute Gasteiger partial charge is 0.309 e. The van der Waals surface area contributed by atoms with Crippen LogP contribution in [-0.2, 0) is 14.3 Å². The second-order valence-electron chi connectivity index (χ2n) is 5.48. The highest BCUT2D eigenvalue weighted by atomic mass is 35.5. The van der Waals surface area contributed by atoms with Crippen LogP contribution in [0.3, 0.4) is 0 Å². The number of halogens is 1. The van der Waals surface area contributed by atoms with Gasteiger partial charge in [0.25, 0.3) is 5.91 Å². The van der Waals surface area contributed by atoms with Gasteiger partial charge in [-0.25, -0.2) is 9.67 Å². The summed E-state index contributed by atoms with van der Waals surface area (Å²) in [5.41, 5.74) is 1.08. The number of carbonyl (C=O) groups is 2. The van der Waals surface area contributed by atoms with Crippen LogP contribution in [0.4, 0.5) is 5.69 Å². The number of amides is 1. The number of carbonyl (C=O) groups excluding carboxylic acids is 2. The number of esters is 1. The molecular weight excluding hydrogens is 320 g/mol. The lowest BCUT2D eigenvalue weighted by Crippen LogP contribution is -2.22. The Balaban J connectivity index is 1.66. The van der Waals surface area contributed by atoms with Crippen LogP contribution in [0.2, 0.25) is 5.02 Å². The number of anilines is 1. The molecule has 2 aromatic rings. The van der Waals surface area contributed by atoms with Crippen molar-refractivity contribution in [3.05, 3.63) is 35.9 Å². The maximum atomic E-state index is 12.0. The SMILES string of the molecule is C[C@@H]1C[C@H]1C(=O)OCC(=O)Nc1cc(Cl)ccc1-n1cncn1. The van der Waals surface area contributed by atoms with Gasteiger partial charge in [0.1, 0.15) is 12.7 Å². The van der Waals surface area contributed by atoms with Crippen molar-refractivity contribution in [3.8, 4) is 5.69 Å². The third kappa shape index (κ3) is 3.68. The Morgan fingerprint density at radius 3 is 2.91 bits per heavy atom. The zero-order valence-electron chi connectivity index (χ0n) is 12.4. The van der Waals surface area contributed by atoms with Crippen LogP contribution < -0.4 is 5.32 Å². The summed E-state index contributed by atoms with van der Waals surface area (Å²) in [7, 11) is 0. The molecule has 1 saturated carbocycles. The van der Waals surface area contributed by atoms with Crippen molar-refractivity contribution in [2.24, 2.45) is 11.8 Å². The van der Waals surface area contributed by atoms with Crippen molar-refractivity contribution >= 4 is 29.2 Å². The monoisotopic (exact) mass is 334 g/mol. The quantitative estimate of drug-likeness (QED) is 0.846. The van der Waals surface area contributed by atoms with Gasteiger partial charge in [-0.1, -0.05) is 18.5 Å². The van der Waals surface area contributed by atoms with E-state index in [-0.39, 0.29) is 18.5 Å². The van der Waals surface area contributed by atoms with E-state index >= 15 is 0 Å². The Morgan fingerprint density at radius 2 is 2.26 bits per heavy atom. The minimum absolute atomic E-state index is 0.0697. The van der Waals surface area contributed by atoms with E-state index < -0.39 is 5.91 Å². The summed E-state index contributed by atoms with van der Waals surface area (Å²) in [6.45, 7) is 1.65. The predicted molar refractivity (Wildman–Crippen MR) is 83.2 cm³/mol. The number of hydrogen-bond acceptors (Lipinski definition) is 5. The van der Waals surface area contributed by atoms with Crippen LogP contribution in [0, 0.1) is 11.8 Å². The minimum Gasteiger partial charge on any atom is -0.455 e. The number of ether oxygens (including phenoxy) is 1. The fraction of sp³-hybridized carbons (Fsp3) is 0.333. The van der Waals surface area contributed by atoms with E-state index in [9.17, 15) is 9.59 Å². The Bertz CT molecular complexity index is 732. The summed E-state index contributed by atoms with van der Waals surface area (Å²) in [4.78, 5) is 27.5. The lowest BCUT2D eigenvalue weighted by molar-refractivity contribution is -0.148. The van der Waals surface area contributed by atoms with E-state index in [0.29, 0.717) is 22.3 Å². The third-order valence-electron chi connectivity index (χ3n) is 3.66. The molecule has 1 N–H and O–H groups in total. The first-order valence-electron chi connectivity index (χ1n) is 7.15. The van der Waals surface area contributed by atoms with Gasteiger partial charge in [-0.15, -0.1) is 0 Å². The van der Waals surface area contributed by atoms with Crippen molar-refractivity contribution in [3.63, 3.8) is 0 Å². The van der Waals surface area contributed by atoms with E-state index in [1.165, 1.54) is 17.3 Å². The second-order valence-corrected chi connectivity index (χ2v) is 5.91. The molecular formula is C15H15ClN4O3. The number of benzene rings is 1. The highest BCUT2D eigenvalue weighted by Crippen LogP contribution is 2.38. The Kier molecular flexibility index (Phi) is 4.29. The molecule has 0 spiro atoms. The van der Waals surface area contributed by atoms with Gasteiger partial charge in [0.2, 0.25) is 0 Å². The summed E-state index contributed by atoms with van der Waals surface area (Å²) < 4.78 is 6.52. The number of nitrogens with one attached hydrogen (secondary N) is 1. The molecule has 0 saturated heterocycles. The average Bonchev–Trinajstić information content (AvgIpc) is 3.01. The molecule has 1 heterocycles. The molecule has 1 aromatic carbocycles. The van der Waals surface area contributed by atoms with Crippen LogP contribution in [0.1, 0.15) is 13.3 Å². The minimum atomic E-state index is -0.435. The molecule has 2 atom stereocenters. The Morgan fingerprint density at radius 1 is 1.48 bits per heavy atom. The first kappa shape index (κ1) is 15.5. The van der Waals surface area contributed by atoms with E-state index in [0.717, 1.165) is 6.42 Å². The van der Waals surface area contributed by atoms with E-state index in [1.807, 2.05) is 6.92 Å². The van der Waals surface area contributed by atoms with Gasteiger partial charge in [-0.2, -0.15) is 5.10 Å². The van der Waals surface area contributed by atoms with Crippen molar-refractivity contribution < 1.29 is 14.3 Å². The molecule has 1 aliphatic rings. The summed E-state index contributed by atoms with van der Waals surface area (Å²) in [5.74, 6) is -0.484. The predicted octanol–water partition coefficient (Wildman–Crippen LogP) is 2.06. The van der Waals surface area contributed by atoms with E-state index in [2.05, 4.69) is 15.4 Å². The lowest BCUT2D eigenvalue weighted by Gasteiger charge is -2.11. The van der Waals surface area contributed by atoms with Gasteiger partial charge >= 0.3 is 5.97 Å². The molecule has 23 heavy (non-hydrogen) atoms. The maximum Gasteiger partial charge on any atom is 0.309 e. The number of aromatic nitrogens is 3. The number of rotatable bonds is 5. The number of nitrogens with zero attached hydrogens (tertiary/aromatic N) is 3. The van der Waals surface area contributed by atoms with Crippen LogP contribution in [0.5, 0.6) is 0 Å². The van der Waals surface area contributed by atoms with Crippen molar-refractivity contribution in [2.75, 3.05) is 11.9 Å². The molecule has 0 unspecified atom stereocenters. The van der Waals surface area contributed by atoms with Crippen LogP contribution in [0.15, 0.2) is 30.9 Å². The molecule has 3 rings (SSSR count). The van der Waals surface area contributed by atoms with Gasteiger partial charge in [-0.3, -0.25) is 9.59 Å². The Labute approximate surface area is 137 Å². The van der Waals surface area contributed by atoms with Crippen LogP contribution in [-0.4, -0.2) is 33.2 Å². The first-order chi connectivity index (χ1) is 11.0. The fourth-order valence-electron chi connectivity index (χ4n) is 2.22. The zero-order valence-corrected chi connectivity index (χ0v) is 13.2. The summed E-state index contributed by atoms with van der Waals surface area (Å²) in [6, 6.07) is 4.99.